The van der Waals surface area contributed by atoms with Crippen LogP contribution in [0.5, 0.6) is 0 Å². The van der Waals surface area contributed by atoms with Gasteiger partial charge < -0.3 is 0 Å². The smallest absolute Gasteiger partial charge is 0.292 e. The number of halogens is 1. The van der Waals surface area contributed by atoms with Gasteiger partial charge in [0.05, 0.1) is 17.9 Å². The molecule has 1 heterocycles. The highest BCUT2D eigenvalue weighted by Crippen LogP contribution is 2.38. The van der Waals surface area contributed by atoms with Gasteiger partial charge in [-0.1, -0.05) is 37.3 Å². The summed E-state index contributed by atoms with van der Waals surface area (Å²) in [4.78, 5) is 27.4. The van der Waals surface area contributed by atoms with Crippen molar-refractivity contribution in [2.75, 3.05) is 15.7 Å². The van der Waals surface area contributed by atoms with Crippen molar-refractivity contribution in [1.82, 2.24) is 0 Å². The fourth-order valence-corrected chi connectivity index (χ4v) is 5.21. The molecule has 0 atom stereocenters. The topological polar surface area (TPSA) is 74.8 Å². The summed E-state index contributed by atoms with van der Waals surface area (Å²) in [5.74, 6) is -0.921. The highest BCUT2D eigenvalue weighted by Gasteiger charge is 2.43. The van der Waals surface area contributed by atoms with Crippen LogP contribution in [0.1, 0.15) is 22.8 Å². The van der Waals surface area contributed by atoms with Crippen LogP contribution in [0.3, 0.4) is 0 Å². The van der Waals surface area contributed by atoms with Crippen LogP contribution in [-0.2, 0) is 16.4 Å². The predicted octanol–water partition coefficient (Wildman–Crippen LogP) is 4.41. The number of anilines is 2. The normalized spacial score (nSPS) is 15.0. The number of carbonyl (C=O) groups excluding carboxylic acids is 2. The van der Waals surface area contributed by atoms with Crippen molar-refractivity contribution >= 4 is 33.2 Å². The molecule has 3 aromatic rings. The van der Waals surface area contributed by atoms with Crippen LogP contribution in [0.2, 0.25) is 0 Å². The summed E-state index contributed by atoms with van der Waals surface area (Å²) >= 11 is 0. The highest BCUT2D eigenvalue weighted by molar-refractivity contribution is 7.94. The maximum Gasteiger partial charge on any atom is 0.343 e. The Morgan fingerprint density at radius 3 is 2.19 bits per heavy atom. The second kappa shape index (κ2) is 7.96. The third kappa shape index (κ3) is 3.59. The third-order valence-electron chi connectivity index (χ3n) is 5.14. The van der Waals surface area contributed by atoms with Crippen LogP contribution in [0.15, 0.2) is 77.7 Å². The molecule has 0 fully saturated rings. The van der Waals surface area contributed by atoms with Gasteiger partial charge in [0.25, 0.3) is 10.0 Å². The number of ketones is 1. The molecule has 0 bridgehead atoms. The molecule has 31 heavy (non-hydrogen) atoms. The summed E-state index contributed by atoms with van der Waals surface area (Å²) in [6.45, 7) is 1.48. The Morgan fingerprint density at radius 2 is 1.52 bits per heavy atom. The first kappa shape index (κ1) is 20.7. The maximum atomic E-state index is 13.5. The molecule has 2 amide bonds. The van der Waals surface area contributed by atoms with Gasteiger partial charge in [0.15, 0.2) is 5.78 Å². The molecule has 3 aromatic carbocycles. The van der Waals surface area contributed by atoms with Crippen molar-refractivity contribution in [3.05, 3.63) is 89.7 Å². The van der Waals surface area contributed by atoms with Gasteiger partial charge in [-0.25, -0.2) is 17.6 Å². The SMILES string of the molecule is CCc1ccccc1N1C(=O)N(CC(=O)c2ccc(F)cc2)c2ccccc2S1(=O)=O. The van der Waals surface area contributed by atoms with Crippen LogP contribution in [0.25, 0.3) is 0 Å². The number of amides is 2. The molecular formula is C23H19FN2O4S. The van der Waals surface area contributed by atoms with E-state index >= 15 is 0 Å². The number of urea groups is 1. The Balaban J connectivity index is 1.83. The zero-order chi connectivity index (χ0) is 22.2. The van der Waals surface area contributed by atoms with Gasteiger partial charge in [-0.05, 0) is 54.4 Å². The minimum absolute atomic E-state index is 0.0626. The third-order valence-corrected chi connectivity index (χ3v) is 6.87. The summed E-state index contributed by atoms with van der Waals surface area (Å²) in [5, 5.41) is 0. The molecule has 158 valence electrons. The summed E-state index contributed by atoms with van der Waals surface area (Å²) in [5.41, 5.74) is 1.29. The van der Waals surface area contributed by atoms with Gasteiger partial charge in [-0.2, -0.15) is 4.31 Å². The van der Waals surface area contributed by atoms with Gasteiger partial charge in [-0.15, -0.1) is 0 Å². The Labute approximate surface area is 179 Å². The number of fused-ring (bicyclic) bond motifs is 1. The molecule has 0 aromatic heterocycles. The second-order valence-corrected chi connectivity index (χ2v) is 8.77. The van der Waals surface area contributed by atoms with Crippen molar-refractivity contribution in [2.24, 2.45) is 0 Å². The first-order valence-electron chi connectivity index (χ1n) is 9.67. The van der Waals surface area contributed by atoms with Gasteiger partial charge in [0.1, 0.15) is 10.7 Å². The molecule has 6 nitrogen and oxygen atoms in total. The van der Waals surface area contributed by atoms with Crippen molar-refractivity contribution in [3.8, 4) is 0 Å². The lowest BCUT2D eigenvalue weighted by molar-refractivity contribution is 0.0999. The summed E-state index contributed by atoms with van der Waals surface area (Å²) in [7, 11) is -4.18. The van der Waals surface area contributed by atoms with E-state index in [1.807, 2.05) is 6.92 Å². The van der Waals surface area contributed by atoms with Crippen molar-refractivity contribution in [2.45, 2.75) is 18.2 Å². The number of Topliss-reactive ketones (excluding diaryl/α,β-unsaturated/α-hetero) is 1. The van der Waals surface area contributed by atoms with Crippen LogP contribution >= 0.6 is 0 Å². The Kier molecular flexibility index (Phi) is 5.32. The molecule has 0 radical (unpaired) electrons. The van der Waals surface area contributed by atoms with E-state index in [2.05, 4.69) is 0 Å². The van der Waals surface area contributed by atoms with Crippen LogP contribution in [-0.4, -0.2) is 26.8 Å². The quantitative estimate of drug-likeness (QED) is 0.553. The molecule has 0 saturated heterocycles. The lowest BCUT2D eigenvalue weighted by Crippen LogP contribution is -2.52. The Morgan fingerprint density at radius 1 is 0.903 bits per heavy atom. The molecule has 0 unspecified atom stereocenters. The first-order chi connectivity index (χ1) is 14.8. The summed E-state index contributed by atoms with van der Waals surface area (Å²) in [6, 6.07) is 17.0. The molecule has 4 rings (SSSR count). The minimum atomic E-state index is -4.18. The Bertz CT molecular complexity index is 1270. The number of hydrogen-bond acceptors (Lipinski definition) is 4. The average Bonchev–Trinajstić information content (AvgIpc) is 2.77. The number of nitrogens with zero attached hydrogens (tertiary/aromatic N) is 2. The van der Waals surface area contributed by atoms with E-state index in [4.69, 9.17) is 0 Å². The first-order valence-corrected chi connectivity index (χ1v) is 11.1. The molecule has 0 N–H and O–H groups in total. The molecule has 0 saturated carbocycles. The van der Waals surface area contributed by atoms with Gasteiger partial charge in [-0.3, -0.25) is 9.69 Å². The van der Waals surface area contributed by atoms with Gasteiger partial charge in [0.2, 0.25) is 0 Å². The highest BCUT2D eigenvalue weighted by atomic mass is 32.2. The molecule has 0 aliphatic carbocycles. The van der Waals surface area contributed by atoms with E-state index < -0.39 is 27.7 Å². The van der Waals surface area contributed by atoms with Crippen molar-refractivity contribution in [3.63, 3.8) is 0 Å². The number of hydrogen-bond donors (Lipinski definition) is 0. The van der Waals surface area contributed by atoms with E-state index in [0.717, 1.165) is 21.3 Å². The van der Waals surface area contributed by atoms with E-state index in [9.17, 15) is 22.4 Å². The number of aryl methyl sites for hydroxylation is 1. The molecule has 1 aliphatic rings. The van der Waals surface area contributed by atoms with Gasteiger partial charge in [0, 0.05) is 5.56 Å². The van der Waals surface area contributed by atoms with E-state index in [-0.39, 0.29) is 28.4 Å². The second-order valence-electron chi connectivity index (χ2n) is 7.02. The largest absolute Gasteiger partial charge is 0.343 e. The number of para-hydroxylation sites is 2. The summed E-state index contributed by atoms with van der Waals surface area (Å²) < 4.78 is 40.7. The fourth-order valence-electron chi connectivity index (χ4n) is 3.58. The number of carbonyl (C=O) groups is 2. The maximum absolute atomic E-state index is 13.5. The standard InChI is InChI=1S/C23H19FN2O4S/c1-2-16-7-3-4-8-19(16)26-23(28)25(15-21(27)17-11-13-18(24)14-12-17)20-9-5-6-10-22(20)31(26,29)30/h3-14H,2,15H2,1H3. The fraction of sp³-hybridized carbons (Fsp3) is 0.130. The molecule has 0 spiro atoms. The summed E-state index contributed by atoms with van der Waals surface area (Å²) in [6.07, 6.45) is 0.519. The average molecular weight is 438 g/mol. The number of rotatable bonds is 5. The van der Waals surface area contributed by atoms with E-state index in [1.54, 1.807) is 36.4 Å². The lowest BCUT2D eigenvalue weighted by Gasteiger charge is -2.36. The lowest BCUT2D eigenvalue weighted by atomic mass is 10.1. The van der Waals surface area contributed by atoms with Crippen LogP contribution in [0, 0.1) is 5.82 Å². The zero-order valence-electron chi connectivity index (χ0n) is 16.7. The molecular weight excluding hydrogens is 419 g/mol. The van der Waals surface area contributed by atoms with E-state index in [1.165, 1.54) is 24.3 Å². The number of benzene rings is 3. The number of sulfonamides is 1. The van der Waals surface area contributed by atoms with Gasteiger partial charge >= 0.3 is 6.03 Å². The minimum Gasteiger partial charge on any atom is -0.292 e. The van der Waals surface area contributed by atoms with Crippen LogP contribution in [0.4, 0.5) is 20.6 Å². The van der Waals surface area contributed by atoms with Crippen LogP contribution < -0.4 is 9.21 Å². The van der Waals surface area contributed by atoms with E-state index in [0.29, 0.717) is 12.0 Å². The molecule has 1 aliphatic heterocycles. The molecule has 8 heteroatoms. The van der Waals surface area contributed by atoms with Crippen molar-refractivity contribution in [1.29, 1.82) is 0 Å². The van der Waals surface area contributed by atoms with Crippen molar-refractivity contribution < 1.29 is 22.4 Å². The monoisotopic (exact) mass is 438 g/mol. The predicted molar refractivity (Wildman–Crippen MR) is 115 cm³/mol. The zero-order valence-corrected chi connectivity index (χ0v) is 17.5. The Hall–Kier alpha value is -3.52.